The van der Waals surface area contributed by atoms with E-state index in [2.05, 4.69) is 19.2 Å². The molecular formula is C29H42N2O5. The summed E-state index contributed by atoms with van der Waals surface area (Å²) in [4.78, 5) is 26.2. The first-order valence-electron chi connectivity index (χ1n) is 14.2. The molecule has 1 aliphatic heterocycles. The van der Waals surface area contributed by atoms with Gasteiger partial charge in [-0.25, -0.2) is 9.59 Å². The van der Waals surface area contributed by atoms with Gasteiger partial charge in [-0.3, -0.25) is 0 Å². The first-order valence-corrected chi connectivity index (χ1v) is 14.2. The number of fused-ring (bicyclic) bond motifs is 5. The van der Waals surface area contributed by atoms with Gasteiger partial charge in [0.2, 0.25) is 0 Å². The van der Waals surface area contributed by atoms with E-state index in [0.29, 0.717) is 44.1 Å². The van der Waals surface area contributed by atoms with Crippen molar-refractivity contribution in [2.24, 2.45) is 28.6 Å². The number of carbonyl (C=O) groups is 1. The summed E-state index contributed by atoms with van der Waals surface area (Å²) in [5.41, 5.74) is 0.0941. The molecule has 4 saturated carbocycles. The van der Waals surface area contributed by atoms with Crippen molar-refractivity contribution in [3.8, 4) is 0 Å². The van der Waals surface area contributed by atoms with E-state index in [-0.39, 0.29) is 34.4 Å². The van der Waals surface area contributed by atoms with Crippen molar-refractivity contribution in [1.82, 2.24) is 10.2 Å². The molecule has 36 heavy (non-hydrogen) atoms. The average Bonchev–Trinajstić information content (AvgIpc) is 3.16. The summed E-state index contributed by atoms with van der Waals surface area (Å²) >= 11 is 0. The first-order chi connectivity index (χ1) is 17.2. The number of amides is 2. The van der Waals surface area contributed by atoms with Gasteiger partial charge in [-0.2, -0.15) is 0 Å². The number of carbonyl (C=O) groups excluding carboxylic acids is 1. The fourth-order valence-corrected chi connectivity index (χ4v) is 9.49. The van der Waals surface area contributed by atoms with Crippen LogP contribution in [0.1, 0.15) is 83.1 Å². The number of hydrogen-bond donors (Lipinski definition) is 2. The third-order valence-corrected chi connectivity index (χ3v) is 11.6. The van der Waals surface area contributed by atoms with Gasteiger partial charge in [-0.1, -0.05) is 13.8 Å². The normalized spacial score (nSPS) is 44.3. The Labute approximate surface area is 214 Å². The van der Waals surface area contributed by atoms with E-state index in [1.54, 1.807) is 6.26 Å². The van der Waals surface area contributed by atoms with Crippen LogP contribution in [0.2, 0.25) is 0 Å². The molecule has 0 radical (unpaired) electrons. The van der Waals surface area contributed by atoms with E-state index < -0.39 is 5.60 Å². The summed E-state index contributed by atoms with van der Waals surface area (Å²) < 4.78 is 10.6. The SMILES string of the molecule is C[C@]12CC[C@@H](NC(=O)N3CCOCC3)C[C@H]1CC[C@@H]1[C@@H]2CC[C@]2(C)[C@@H](c3ccc(=O)oc3)CC[C@]12O. The van der Waals surface area contributed by atoms with Crippen molar-refractivity contribution in [3.05, 3.63) is 34.4 Å². The van der Waals surface area contributed by atoms with Crippen molar-refractivity contribution in [3.63, 3.8) is 0 Å². The maximum Gasteiger partial charge on any atom is 0.335 e. The molecule has 0 bridgehead atoms. The fourth-order valence-electron chi connectivity index (χ4n) is 9.49. The van der Waals surface area contributed by atoms with Crippen LogP contribution in [0.4, 0.5) is 4.79 Å². The minimum absolute atomic E-state index is 0.0667. The highest BCUT2D eigenvalue weighted by atomic mass is 16.5. The predicted octanol–water partition coefficient (Wildman–Crippen LogP) is 4.29. The van der Waals surface area contributed by atoms with Crippen LogP contribution in [0.5, 0.6) is 0 Å². The number of nitrogens with zero attached hydrogens (tertiary/aromatic N) is 1. The van der Waals surface area contributed by atoms with Crippen molar-refractivity contribution in [2.75, 3.05) is 26.3 Å². The van der Waals surface area contributed by atoms with Crippen LogP contribution in [0, 0.1) is 28.6 Å². The Hall–Kier alpha value is -1.86. The molecule has 2 heterocycles. The van der Waals surface area contributed by atoms with Gasteiger partial charge >= 0.3 is 11.7 Å². The van der Waals surface area contributed by atoms with Gasteiger partial charge in [0, 0.05) is 30.6 Å². The Kier molecular flexibility index (Phi) is 6.03. The maximum atomic E-state index is 12.8. The molecule has 5 fully saturated rings. The van der Waals surface area contributed by atoms with Crippen molar-refractivity contribution in [1.29, 1.82) is 0 Å². The Morgan fingerprint density at radius 2 is 1.83 bits per heavy atom. The molecule has 0 unspecified atom stereocenters. The van der Waals surface area contributed by atoms with Crippen LogP contribution in [0.3, 0.4) is 0 Å². The summed E-state index contributed by atoms with van der Waals surface area (Å²) in [6, 6.07) is 3.74. The van der Waals surface area contributed by atoms with E-state index in [1.165, 1.54) is 6.07 Å². The molecule has 8 atom stereocenters. The third-order valence-electron chi connectivity index (χ3n) is 11.6. The molecule has 7 heteroatoms. The summed E-state index contributed by atoms with van der Waals surface area (Å²) in [5, 5.41) is 15.7. The van der Waals surface area contributed by atoms with Gasteiger partial charge in [-0.05, 0) is 98.5 Å². The van der Waals surface area contributed by atoms with Gasteiger partial charge in [0.05, 0.1) is 25.1 Å². The lowest BCUT2D eigenvalue weighted by Gasteiger charge is -2.63. The average molecular weight is 499 g/mol. The van der Waals surface area contributed by atoms with Gasteiger partial charge in [0.25, 0.3) is 0 Å². The molecule has 6 rings (SSSR count). The lowest BCUT2D eigenvalue weighted by atomic mass is 9.43. The highest BCUT2D eigenvalue weighted by molar-refractivity contribution is 5.74. The lowest BCUT2D eigenvalue weighted by molar-refractivity contribution is -0.201. The zero-order chi connectivity index (χ0) is 25.1. The monoisotopic (exact) mass is 498 g/mol. The van der Waals surface area contributed by atoms with E-state index in [1.807, 2.05) is 11.0 Å². The van der Waals surface area contributed by atoms with Crippen LogP contribution in [-0.2, 0) is 4.74 Å². The summed E-state index contributed by atoms with van der Waals surface area (Å²) in [6.45, 7) is 7.39. The van der Waals surface area contributed by atoms with E-state index in [0.717, 1.165) is 63.4 Å². The minimum atomic E-state index is -0.675. The summed E-state index contributed by atoms with van der Waals surface area (Å²) in [5.74, 6) is 1.66. The molecule has 1 aromatic rings. The molecule has 0 aromatic carbocycles. The molecule has 2 N–H and O–H groups in total. The second kappa shape index (κ2) is 8.87. The third kappa shape index (κ3) is 3.67. The zero-order valence-electron chi connectivity index (χ0n) is 21.8. The number of nitrogens with one attached hydrogen (secondary N) is 1. The van der Waals surface area contributed by atoms with Crippen LogP contribution < -0.4 is 10.9 Å². The maximum absolute atomic E-state index is 12.8. The molecule has 1 aromatic heterocycles. The Balaban J connectivity index is 1.17. The second-order valence-electron chi connectivity index (χ2n) is 12.9. The quantitative estimate of drug-likeness (QED) is 0.635. The standard InChI is InChI=1S/C29H42N2O5/c1-27-10-7-21(30-26(33)31-13-15-35-16-14-31)17-20(27)4-5-24-23(27)8-11-28(2)22(9-12-29(24,28)34)19-3-6-25(32)36-18-19/h3,6,18,20-24,34H,4-5,7-17H2,1-2H3,(H,30,33)/t20-,21-,22-,23+,24-,27+,28-,29+/m1/s1. The van der Waals surface area contributed by atoms with Gasteiger partial charge in [0.1, 0.15) is 0 Å². The zero-order valence-corrected chi connectivity index (χ0v) is 21.8. The lowest BCUT2D eigenvalue weighted by Crippen LogP contribution is -2.62. The second-order valence-corrected chi connectivity index (χ2v) is 12.9. The van der Waals surface area contributed by atoms with Crippen molar-refractivity contribution in [2.45, 2.75) is 89.2 Å². The fraction of sp³-hybridized carbons (Fsp3) is 0.793. The number of morpholine rings is 1. The molecule has 4 aliphatic carbocycles. The van der Waals surface area contributed by atoms with Crippen LogP contribution in [0.15, 0.2) is 27.6 Å². The van der Waals surface area contributed by atoms with E-state index >= 15 is 0 Å². The van der Waals surface area contributed by atoms with Gasteiger partial charge in [0.15, 0.2) is 0 Å². The van der Waals surface area contributed by atoms with Crippen LogP contribution >= 0.6 is 0 Å². The Morgan fingerprint density at radius 3 is 2.58 bits per heavy atom. The summed E-state index contributed by atoms with van der Waals surface area (Å²) in [7, 11) is 0. The molecule has 1 saturated heterocycles. The number of hydrogen-bond acceptors (Lipinski definition) is 5. The molecule has 5 aliphatic rings. The highest BCUT2D eigenvalue weighted by Crippen LogP contribution is 2.70. The number of urea groups is 1. The minimum Gasteiger partial charge on any atom is -0.431 e. The number of ether oxygens (including phenoxy) is 1. The molecular weight excluding hydrogens is 456 g/mol. The number of aliphatic hydroxyl groups is 1. The van der Waals surface area contributed by atoms with E-state index in [9.17, 15) is 14.7 Å². The molecule has 2 amide bonds. The largest absolute Gasteiger partial charge is 0.431 e. The highest BCUT2D eigenvalue weighted by Gasteiger charge is 2.67. The Bertz CT molecular complexity index is 1030. The van der Waals surface area contributed by atoms with Crippen LogP contribution in [0.25, 0.3) is 0 Å². The topological polar surface area (TPSA) is 92.0 Å². The smallest absolute Gasteiger partial charge is 0.335 e. The number of rotatable bonds is 2. The van der Waals surface area contributed by atoms with Crippen molar-refractivity contribution >= 4 is 6.03 Å². The van der Waals surface area contributed by atoms with E-state index in [4.69, 9.17) is 9.15 Å². The van der Waals surface area contributed by atoms with Gasteiger partial charge < -0.3 is 24.5 Å². The Morgan fingerprint density at radius 1 is 1.03 bits per heavy atom. The molecule has 7 nitrogen and oxygen atoms in total. The predicted molar refractivity (Wildman–Crippen MR) is 136 cm³/mol. The molecule has 198 valence electrons. The van der Waals surface area contributed by atoms with Crippen LogP contribution in [-0.4, -0.2) is 54.0 Å². The first kappa shape index (κ1) is 24.5. The summed E-state index contributed by atoms with van der Waals surface area (Å²) in [6.07, 6.45) is 10.9. The van der Waals surface area contributed by atoms with Gasteiger partial charge in [-0.15, -0.1) is 0 Å². The van der Waals surface area contributed by atoms with Crippen molar-refractivity contribution < 1.29 is 19.1 Å². The molecule has 0 spiro atoms.